The number of hydrogen-bond acceptors (Lipinski definition) is 2. The molecule has 0 bridgehead atoms. The van der Waals surface area contributed by atoms with Crippen LogP contribution >= 0.6 is 0 Å². The maximum absolute atomic E-state index is 12.9. The number of amides is 1. The maximum atomic E-state index is 12.9. The monoisotopic (exact) mass is 314 g/mol. The summed E-state index contributed by atoms with van der Waals surface area (Å²) < 4.78 is 0. The van der Waals surface area contributed by atoms with Crippen LogP contribution in [0.4, 0.5) is 5.69 Å². The van der Waals surface area contributed by atoms with Gasteiger partial charge in [0, 0.05) is 11.3 Å². The number of nitrogens with zero attached hydrogens (tertiary/aromatic N) is 1. The van der Waals surface area contributed by atoms with Crippen molar-refractivity contribution in [2.75, 3.05) is 4.90 Å². The van der Waals surface area contributed by atoms with Crippen molar-refractivity contribution in [2.45, 2.75) is 6.54 Å². The third kappa shape index (κ3) is 3.58. The van der Waals surface area contributed by atoms with Crippen molar-refractivity contribution in [3.63, 3.8) is 0 Å². The summed E-state index contributed by atoms with van der Waals surface area (Å²) in [6, 6.07) is 28.4. The Labute approximate surface area is 141 Å². The third-order valence-corrected chi connectivity index (χ3v) is 3.77. The normalized spacial score (nSPS) is 10.2. The Kier molecular flexibility index (Phi) is 4.82. The smallest absolute Gasteiger partial charge is 0.277 e. The van der Waals surface area contributed by atoms with Crippen LogP contribution in [-0.4, -0.2) is 11.6 Å². The summed E-state index contributed by atoms with van der Waals surface area (Å²) in [4.78, 5) is 14.6. The molecule has 24 heavy (non-hydrogen) atoms. The van der Waals surface area contributed by atoms with E-state index in [0.717, 1.165) is 11.3 Å². The first kappa shape index (κ1) is 15.7. The first-order chi connectivity index (χ1) is 11.8. The summed E-state index contributed by atoms with van der Waals surface area (Å²) in [6.07, 6.45) is 0. The van der Waals surface area contributed by atoms with Crippen molar-refractivity contribution in [1.82, 2.24) is 0 Å². The van der Waals surface area contributed by atoms with Crippen LogP contribution in [0.3, 0.4) is 0 Å². The molecule has 0 aliphatic rings. The van der Waals surface area contributed by atoms with Crippen molar-refractivity contribution >= 4 is 17.3 Å². The van der Waals surface area contributed by atoms with E-state index in [0.29, 0.717) is 12.1 Å². The average molecular weight is 314 g/mol. The number of nitrogens with one attached hydrogen (secondary N) is 1. The van der Waals surface area contributed by atoms with Crippen LogP contribution < -0.4 is 4.90 Å². The first-order valence-electron chi connectivity index (χ1n) is 7.80. The van der Waals surface area contributed by atoms with Crippen LogP contribution in [0.2, 0.25) is 0 Å². The number of benzene rings is 3. The van der Waals surface area contributed by atoms with E-state index in [1.807, 2.05) is 78.9 Å². The average Bonchev–Trinajstić information content (AvgIpc) is 2.67. The van der Waals surface area contributed by atoms with E-state index in [-0.39, 0.29) is 11.6 Å². The predicted octanol–water partition coefficient (Wildman–Crippen LogP) is 4.29. The molecule has 3 rings (SSSR count). The second-order valence-electron chi connectivity index (χ2n) is 5.45. The Bertz CT molecular complexity index is 814. The Hall–Kier alpha value is -3.20. The van der Waals surface area contributed by atoms with Gasteiger partial charge in [0.05, 0.1) is 6.54 Å². The summed E-state index contributed by atoms with van der Waals surface area (Å²) in [7, 11) is 0. The third-order valence-electron chi connectivity index (χ3n) is 3.77. The molecule has 3 aromatic rings. The van der Waals surface area contributed by atoms with E-state index in [4.69, 9.17) is 5.41 Å². The molecule has 1 amide bonds. The topological polar surface area (TPSA) is 44.2 Å². The molecule has 3 nitrogen and oxygen atoms in total. The summed E-state index contributed by atoms with van der Waals surface area (Å²) >= 11 is 0. The van der Waals surface area contributed by atoms with Crippen molar-refractivity contribution < 1.29 is 4.79 Å². The Morgan fingerprint density at radius 3 is 1.83 bits per heavy atom. The van der Waals surface area contributed by atoms with E-state index in [9.17, 15) is 4.79 Å². The molecule has 0 aliphatic heterocycles. The molecule has 0 heterocycles. The highest BCUT2D eigenvalue weighted by atomic mass is 16.2. The van der Waals surface area contributed by atoms with E-state index >= 15 is 0 Å². The molecule has 1 N–H and O–H groups in total. The van der Waals surface area contributed by atoms with Gasteiger partial charge in [0.25, 0.3) is 5.91 Å². The Morgan fingerprint density at radius 2 is 1.25 bits per heavy atom. The van der Waals surface area contributed by atoms with Gasteiger partial charge in [0.2, 0.25) is 0 Å². The molecule has 0 saturated heterocycles. The molecule has 118 valence electrons. The van der Waals surface area contributed by atoms with E-state index in [2.05, 4.69) is 0 Å². The Morgan fingerprint density at radius 1 is 0.750 bits per heavy atom. The minimum Gasteiger partial charge on any atom is -0.303 e. The molecule has 0 atom stereocenters. The fraction of sp³-hybridized carbons (Fsp3) is 0.0476. The second kappa shape index (κ2) is 7.38. The predicted molar refractivity (Wildman–Crippen MR) is 97.3 cm³/mol. The second-order valence-corrected chi connectivity index (χ2v) is 5.45. The molecule has 0 aliphatic carbocycles. The SMILES string of the molecule is N=C(C(=O)N(Cc1ccccc1)c1ccccc1)c1ccccc1. The Balaban J connectivity index is 1.92. The molecule has 3 heteroatoms. The first-order valence-corrected chi connectivity index (χ1v) is 7.80. The van der Waals surface area contributed by atoms with Gasteiger partial charge in [0.1, 0.15) is 5.71 Å². The van der Waals surface area contributed by atoms with Crippen LogP contribution in [0.1, 0.15) is 11.1 Å². The van der Waals surface area contributed by atoms with Gasteiger partial charge < -0.3 is 4.90 Å². The standard InChI is InChI=1S/C21H18N2O/c22-20(18-12-6-2-7-13-18)21(24)23(19-14-8-3-9-15-19)16-17-10-4-1-5-11-17/h1-15,22H,16H2. The van der Waals surface area contributed by atoms with Gasteiger partial charge >= 0.3 is 0 Å². The van der Waals surface area contributed by atoms with Gasteiger partial charge in [-0.05, 0) is 17.7 Å². The van der Waals surface area contributed by atoms with Gasteiger partial charge in [-0.1, -0.05) is 78.9 Å². The highest BCUT2D eigenvalue weighted by molar-refractivity contribution is 6.48. The molecular weight excluding hydrogens is 296 g/mol. The lowest BCUT2D eigenvalue weighted by Crippen LogP contribution is -2.36. The van der Waals surface area contributed by atoms with Crippen LogP contribution in [0.5, 0.6) is 0 Å². The maximum Gasteiger partial charge on any atom is 0.277 e. The van der Waals surface area contributed by atoms with Gasteiger partial charge in [0.15, 0.2) is 0 Å². The van der Waals surface area contributed by atoms with Gasteiger partial charge in [-0.25, -0.2) is 0 Å². The lowest BCUT2D eigenvalue weighted by atomic mass is 10.1. The lowest BCUT2D eigenvalue weighted by molar-refractivity contribution is -0.112. The molecule has 0 saturated carbocycles. The number of carbonyl (C=O) groups is 1. The number of anilines is 1. The number of hydrogen-bond donors (Lipinski definition) is 1. The molecular formula is C21H18N2O. The highest BCUT2D eigenvalue weighted by Crippen LogP contribution is 2.18. The highest BCUT2D eigenvalue weighted by Gasteiger charge is 2.21. The van der Waals surface area contributed by atoms with E-state index in [1.54, 1.807) is 17.0 Å². The summed E-state index contributed by atoms with van der Waals surface area (Å²) in [5.74, 6) is -0.309. The summed E-state index contributed by atoms with van der Waals surface area (Å²) in [5, 5.41) is 8.29. The van der Waals surface area contributed by atoms with Gasteiger partial charge in [-0.2, -0.15) is 0 Å². The van der Waals surface area contributed by atoms with Crippen molar-refractivity contribution in [3.05, 3.63) is 102 Å². The molecule has 0 radical (unpaired) electrons. The lowest BCUT2D eigenvalue weighted by Gasteiger charge is -2.23. The number of rotatable bonds is 5. The van der Waals surface area contributed by atoms with Crippen LogP contribution in [0.15, 0.2) is 91.0 Å². The van der Waals surface area contributed by atoms with Gasteiger partial charge in [-0.3, -0.25) is 10.2 Å². The van der Waals surface area contributed by atoms with Crippen molar-refractivity contribution in [3.8, 4) is 0 Å². The van der Waals surface area contributed by atoms with Crippen LogP contribution in [0, 0.1) is 5.41 Å². The molecule has 3 aromatic carbocycles. The fourth-order valence-electron chi connectivity index (χ4n) is 2.52. The summed E-state index contributed by atoms with van der Waals surface area (Å²) in [5.41, 5.74) is 2.43. The van der Waals surface area contributed by atoms with Crippen molar-refractivity contribution in [2.24, 2.45) is 0 Å². The van der Waals surface area contributed by atoms with E-state index < -0.39 is 0 Å². The van der Waals surface area contributed by atoms with Crippen LogP contribution in [-0.2, 0) is 11.3 Å². The number of carbonyl (C=O) groups excluding carboxylic acids is 1. The zero-order valence-electron chi connectivity index (χ0n) is 13.2. The minimum absolute atomic E-state index is 0.00427. The largest absolute Gasteiger partial charge is 0.303 e. The van der Waals surface area contributed by atoms with Crippen LogP contribution in [0.25, 0.3) is 0 Å². The van der Waals surface area contributed by atoms with Crippen molar-refractivity contribution in [1.29, 1.82) is 5.41 Å². The molecule has 0 spiro atoms. The molecule has 0 aromatic heterocycles. The van der Waals surface area contributed by atoms with E-state index in [1.165, 1.54) is 0 Å². The van der Waals surface area contributed by atoms with Gasteiger partial charge in [-0.15, -0.1) is 0 Å². The summed E-state index contributed by atoms with van der Waals surface area (Å²) in [6.45, 7) is 0.429. The zero-order valence-corrected chi connectivity index (χ0v) is 13.2. The quantitative estimate of drug-likeness (QED) is 0.702. The molecule has 0 fully saturated rings. The molecule has 0 unspecified atom stereocenters. The fourth-order valence-corrected chi connectivity index (χ4v) is 2.52. The number of para-hydroxylation sites is 1. The zero-order chi connectivity index (χ0) is 16.8. The minimum atomic E-state index is -0.309.